The average Bonchev–Trinajstić information content (AvgIpc) is 3.19. The van der Waals surface area contributed by atoms with Gasteiger partial charge in [-0.15, -0.1) is 0 Å². The molecular formula is C21H23N3O3. The van der Waals surface area contributed by atoms with Crippen molar-refractivity contribution in [2.75, 3.05) is 19.5 Å². The number of ether oxygens (including phenoxy) is 1. The molecule has 6 heteroatoms. The maximum Gasteiger partial charge on any atom is 0.242 e. The van der Waals surface area contributed by atoms with Gasteiger partial charge in [-0.3, -0.25) is 9.59 Å². The second-order valence-corrected chi connectivity index (χ2v) is 7.14. The van der Waals surface area contributed by atoms with E-state index >= 15 is 0 Å². The third-order valence-electron chi connectivity index (χ3n) is 5.92. The van der Waals surface area contributed by atoms with E-state index in [1.807, 2.05) is 37.3 Å². The van der Waals surface area contributed by atoms with Crippen molar-refractivity contribution in [2.24, 2.45) is 0 Å². The minimum Gasteiger partial charge on any atom is -0.496 e. The predicted molar refractivity (Wildman–Crippen MR) is 103 cm³/mol. The Hall–Kier alpha value is -3.02. The van der Waals surface area contributed by atoms with E-state index < -0.39 is 11.5 Å². The van der Waals surface area contributed by atoms with Crippen LogP contribution in [0.25, 0.3) is 0 Å². The Bertz CT molecular complexity index is 913. The lowest BCUT2D eigenvalue weighted by atomic mass is 9.72. The van der Waals surface area contributed by atoms with Gasteiger partial charge in [-0.2, -0.15) is 0 Å². The van der Waals surface area contributed by atoms with Gasteiger partial charge in [0.25, 0.3) is 0 Å². The zero-order valence-corrected chi connectivity index (χ0v) is 15.7. The van der Waals surface area contributed by atoms with Crippen molar-refractivity contribution in [3.05, 3.63) is 59.2 Å². The van der Waals surface area contributed by atoms with Crippen molar-refractivity contribution in [1.29, 1.82) is 0 Å². The average molecular weight is 365 g/mol. The first kappa shape index (κ1) is 17.4. The fourth-order valence-corrected chi connectivity index (χ4v) is 4.67. The molecule has 4 rings (SSSR count). The highest BCUT2D eigenvalue weighted by molar-refractivity contribution is 5.86. The first-order chi connectivity index (χ1) is 13.1. The van der Waals surface area contributed by atoms with Crippen molar-refractivity contribution in [3.8, 4) is 5.75 Å². The number of methoxy groups -OCH3 is 1. The first-order valence-corrected chi connectivity index (χ1v) is 9.02. The number of hydrogen-bond donors (Lipinski definition) is 2. The summed E-state index contributed by atoms with van der Waals surface area (Å²) in [5.41, 5.74) is 3.71. The second-order valence-electron chi connectivity index (χ2n) is 7.14. The molecule has 3 atom stereocenters. The lowest BCUT2D eigenvalue weighted by molar-refractivity contribution is -0.131. The molecule has 0 aliphatic carbocycles. The van der Waals surface area contributed by atoms with Crippen molar-refractivity contribution < 1.29 is 14.3 Å². The Morgan fingerprint density at radius 3 is 2.78 bits per heavy atom. The van der Waals surface area contributed by atoms with E-state index in [2.05, 4.69) is 22.8 Å². The molecule has 0 spiro atoms. The Labute approximate surface area is 158 Å². The van der Waals surface area contributed by atoms with Gasteiger partial charge in [-0.05, 0) is 42.2 Å². The molecule has 1 fully saturated rings. The van der Waals surface area contributed by atoms with E-state index in [1.54, 1.807) is 19.1 Å². The highest BCUT2D eigenvalue weighted by atomic mass is 16.5. The van der Waals surface area contributed by atoms with Crippen molar-refractivity contribution in [2.45, 2.75) is 31.0 Å². The van der Waals surface area contributed by atoms with E-state index in [4.69, 9.17) is 4.74 Å². The summed E-state index contributed by atoms with van der Waals surface area (Å²) in [6, 6.07) is 13.6. The second kappa shape index (κ2) is 6.30. The van der Waals surface area contributed by atoms with Crippen LogP contribution in [0.4, 0.5) is 5.69 Å². The number of nitrogens with zero attached hydrogens (tertiary/aromatic N) is 1. The molecule has 2 aliphatic heterocycles. The smallest absolute Gasteiger partial charge is 0.242 e. The molecule has 3 unspecified atom stereocenters. The number of fused-ring (bicyclic) bond motifs is 3. The first-order valence-electron chi connectivity index (χ1n) is 9.02. The molecule has 2 amide bonds. The molecule has 6 nitrogen and oxygen atoms in total. The number of amides is 2. The molecule has 27 heavy (non-hydrogen) atoms. The number of benzene rings is 2. The van der Waals surface area contributed by atoms with Crippen LogP contribution in [0, 0.1) is 6.92 Å². The van der Waals surface area contributed by atoms with Crippen LogP contribution < -0.4 is 15.4 Å². The number of likely N-dealkylation sites (tertiary alicyclic amines) is 1. The molecule has 0 aromatic heterocycles. The molecule has 2 aromatic carbocycles. The third-order valence-corrected chi connectivity index (χ3v) is 5.92. The summed E-state index contributed by atoms with van der Waals surface area (Å²) in [5, 5.41) is 6.17. The maximum absolute atomic E-state index is 12.5. The van der Waals surface area contributed by atoms with Gasteiger partial charge in [0.15, 0.2) is 0 Å². The summed E-state index contributed by atoms with van der Waals surface area (Å²) in [5.74, 6) is 0.666. The van der Waals surface area contributed by atoms with Crippen molar-refractivity contribution in [1.82, 2.24) is 10.2 Å². The number of hydrogen-bond acceptors (Lipinski definition) is 4. The highest BCUT2D eigenvalue weighted by Crippen LogP contribution is 2.54. The van der Waals surface area contributed by atoms with E-state index in [9.17, 15) is 9.59 Å². The van der Waals surface area contributed by atoms with Gasteiger partial charge >= 0.3 is 0 Å². The van der Waals surface area contributed by atoms with Gasteiger partial charge in [-0.1, -0.05) is 30.3 Å². The van der Waals surface area contributed by atoms with E-state index in [1.165, 1.54) is 0 Å². The van der Waals surface area contributed by atoms with Gasteiger partial charge < -0.3 is 20.3 Å². The highest BCUT2D eigenvalue weighted by Gasteiger charge is 2.59. The molecule has 2 aliphatic rings. The molecule has 140 valence electrons. The Morgan fingerprint density at radius 1 is 1.33 bits per heavy atom. The van der Waals surface area contributed by atoms with Gasteiger partial charge in [0.05, 0.1) is 12.5 Å². The topological polar surface area (TPSA) is 70.7 Å². The molecular weight excluding hydrogens is 342 g/mol. The third kappa shape index (κ3) is 2.32. The normalized spacial score (nSPS) is 25.4. The zero-order valence-electron chi connectivity index (χ0n) is 15.7. The largest absolute Gasteiger partial charge is 0.496 e. The fourth-order valence-electron chi connectivity index (χ4n) is 4.67. The van der Waals surface area contributed by atoms with Crippen molar-refractivity contribution in [3.63, 3.8) is 0 Å². The van der Waals surface area contributed by atoms with E-state index in [0.717, 1.165) is 34.5 Å². The van der Waals surface area contributed by atoms with Crippen LogP contribution in [0.3, 0.4) is 0 Å². The van der Waals surface area contributed by atoms with Gasteiger partial charge in [-0.25, -0.2) is 0 Å². The SMILES string of the molecule is CNC(=O)C1CC2(c3ccc(OC)c(C)c3)c3ccccc3NC2N1C=O. The molecule has 0 saturated carbocycles. The van der Waals surface area contributed by atoms with Crippen LogP contribution in [0.2, 0.25) is 0 Å². The maximum atomic E-state index is 12.5. The summed E-state index contributed by atoms with van der Waals surface area (Å²) in [6.07, 6.45) is 0.982. The van der Waals surface area contributed by atoms with Gasteiger partial charge in [0, 0.05) is 12.7 Å². The molecule has 2 N–H and O–H groups in total. The van der Waals surface area contributed by atoms with Crippen LogP contribution in [-0.4, -0.2) is 43.6 Å². The lowest BCUT2D eigenvalue weighted by Gasteiger charge is -2.32. The number of para-hydroxylation sites is 1. The van der Waals surface area contributed by atoms with Crippen molar-refractivity contribution >= 4 is 18.0 Å². The summed E-state index contributed by atoms with van der Waals surface area (Å²) in [4.78, 5) is 26.1. The van der Waals surface area contributed by atoms with Crippen LogP contribution in [0.1, 0.15) is 23.1 Å². The zero-order chi connectivity index (χ0) is 19.2. The summed E-state index contributed by atoms with van der Waals surface area (Å²) in [7, 11) is 3.26. The number of rotatable bonds is 4. The fraction of sp³-hybridized carbons (Fsp3) is 0.333. The van der Waals surface area contributed by atoms with Crippen LogP contribution >= 0.6 is 0 Å². The minimum atomic E-state index is -0.527. The molecule has 1 saturated heterocycles. The van der Waals surface area contributed by atoms with Gasteiger partial charge in [0.2, 0.25) is 12.3 Å². The quantitative estimate of drug-likeness (QED) is 0.814. The lowest BCUT2D eigenvalue weighted by Crippen LogP contribution is -2.48. The number of aryl methyl sites for hydroxylation is 1. The number of likely N-dealkylation sites (N-methyl/N-ethyl adjacent to an activating group) is 1. The summed E-state index contributed by atoms with van der Waals surface area (Å²) < 4.78 is 5.41. The predicted octanol–water partition coefficient (Wildman–Crippen LogP) is 2.02. The standard InChI is InChI=1S/C21H23N3O3/c1-13-10-14(8-9-18(13)27-3)21-11-17(19(26)22-2)24(12-25)20(21)23-16-7-5-4-6-15(16)21/h4-10,12,17,20,23H,11H2,1-3H3,(H,22,26). The summed E-state index contributed by atoms with van der Waals surface area (Å²) in [6.45, 7) is 2.00. The number of anilines is 1. The Balaban J connectivity index is 1.93. The van der Waals surface area contributed by atoms with Gasteiger partial charge in [0.1, 0.15) is 18.0 Å². The number of carbonyl (C=O) groups excluding carboxylic acids is 2. The van der Waals surface area contributed by atoms with Crippen LogP contribution in [0.15, 0.2) is 42.5 Å². The Morgan fingerprint density at radius 2 is 2.11 bits per heavy atom. The molecule has 0 radical (unpaired) electrons. The number of carbonyl (C=O) groups is 2. The molecule has 0 bridgehead atoms. The monoisotopic (exact) mass is 365 g/mol. The molecule has 2 heterocycles. The summed E-state index contributed by atoms with van der Waals surface area (Å²) >= 11 is 0. The van der Waals surface area contributed by atoms with E-state index in [-0.39, 0.29) is 12.1 Å². The van der Waals surface area contributed by atoms with Crippen LogP contribution in [0.5, 0.6) is 5.75 Å². The molecule has 2 aromatic rings. The Kier molecular flexibility index (Phi) is 4.06. The minimum absolute atomic E-state index is 0.152. The van der Waals surface area contributed by atoms with E-state index in [0.29, 0.717) is 6.42 Å². The van der Waals surface area contributed by atoms with Crippen LogP contribution in [-0.2, 0) is 15.0 Å². The number of nitrogens with one attached hydrogen (secondary N) is 2.